The SMILES string of the molecule is CC(=O)NC(CS)C(=O)N(C)CCC(F)(F)F. The van der Waals surface area contributed by atoms with Crippen molar-refractivity contribution >= 4 is 24.4 Å². The van der Waals surface area contributed by atoms with E-state index in [0.29, 0.717) is 0 Å². The van der Waals surface area contributed by atoms with Crippen molar-refractivity contribution in [1.29, 1.82) is 0 Å². The van der Waals surface area contributed by atoms with Gasteiger partial charge in [0, 0.05) is 26.3 Å². The summed E-state index contributed by atoms with van der Waals surface area (Å²) in [4.78, 5) is 23.3. The van der Waals surface area contributed by atoms with Crippen LogP contribution in [0.3, 0.4) is 0 Å². The molecule has 2 amide bonds. The maximum atomic E-state index is 11.9. The second kappa shape index (κ2) is 6.73. The number of hydrogen-bond donors (Lipinski definition) is 2. The van der Waals surface area contributed by atoms with Gasteiger partial charge in [0.15, 0.2) is 0 Å². The summed E-state index contributed by atoms with van der Waals surface area (Å²) >= 11 is 3.86. The molecule has 1 unspecified atom stereocenters. The number of rotatable bonds is 5. The highest BCUT2D eigenvalue weighted by Crippen LogP contribution is 2.19. The van der Waals surface area contributed by atoms with Crippen LogP contribution >= 0.6 is 12.6 Å². The zero-order valence-electron chi connectivity index (χ0n) is 9.54. The van der Waals surface area contributed by atoms with E-state index in [-0.39, 0.29) is 5.75 Å². The topological polar surface area (TPSA) is 49.4 Å². The van der Waals surface area contributed by atoms with E-state index in [1.807, 2.05) is 0 Å². The van der Waals surface area contributed by atoms with Crippen LogP contribution in [0.1, 0.15) is 13.3 Å². The first-order chi connectivity index (χ1) is 7.67. The molecular weight excluding hydrogens is 257 g/mol. The predicted molar refractivity (Wildman–Crippen MR) is 59.8 cm³/mol. The van der Waals surface area contributed by atoms with Crippen molar-refractivity contribution in [1.82, 2.24) is 10.2 Å². The van der Waals surface area contributed by atoms with E-state index in [1.165, 1.54) is 14.0 Å². The van der Waals surface area contributed by atoms with Gasteiger partial charge in [-0.2, -0.15) is 25.8 Å². The number of nitrogens with zero attached hydrogens (tertiary/aromatic N) is 1. The summed E-state index contributed by atoms with van der Waals surface area (Å²) < 4.78 is 35.8. The third-order valence-corrected chi connectivity index (χ3v) is 2.33. The molecular formula is C9H15F3N2O2S. The Kier molecular flexibility index (Phi) is 6.36. The number of likely N-dealkylation sites (N-methyl/N-ethyl adjacent to an activating group) is 1. The van der Waals surface area contributed by atoms with Crippen molar-refractivity contribution in [2.45, 2.75) is 25.6 Å². The number of halogens is 3. The van der Waals surface area contributed by atoms with E-state index in [1.54, 1.807) is 0 Å². The standard InChI is InChI=1S/C9H15F3N2O2S/c1-6(15)13-7(5-17)8(16)14(2)4-3-9(10,11)12/h7,17H,3-5H2,1-2H3,(H,13,15). The largest absolute Gasteiger partial charge is 0.390 e. The number of carbonyl (C=O) groups is 2. The highest BCUT2D eigenvalue weighted by molar-refractivity contribution is 7.80. The van der Waals surface area contributed by atoms with E-state index >= 15 is 0 Å². The van der Waals surface area contributed by atoms with Gasteiger partial charge < -0.3 is 10.2 Å². The molecule has 1 N–H and O–H groups in total. The molecule has 100 valence electrons. The molecule has 0 saturated carbocycles. The van der Waals surface area contributed by atoms with E-state index in [4.69, 9.17) is 0 Å². The van der Waals surface area contributed by atoms with Gasteiger partial charge in [0.25, 0.3) is 0 Å². The highest BCUT2D eigenvalue weighted by Gasteiger charge is 2.29. The van der Waals surface area contributed by atoms with Crippen LogP contribution in [0.15, 0.2) is 0 Å². The lowest BCUT2D eigenvalue weighted by molar-refractivity contribution is -0.145. The van der Waals surface area contributed by atoms with Gasteiger partial charge in [0.1, 0.15) is 6.04 Å². The van der Waals surface area contributed by atoms with Gasteiger partial charge in [-0.05, 0) is 0 Å². The maximum Gasteiger partial charge on any atom is 0.390 e. The molecule has 0 heterocycles. The number of amides is 2. The van der Waals surface area contributed by atoms with Gasteiger partial charge in [0.05, 0.1) is 6.42 Å². The van der Waals surface area contributed by atoms with Crippen molar-refractivity contribution < 1.29 is 22.8 Å². The quantitative estimate of drug-likeness (QED) is 0.728. The smallest absolute Gasteiger partial charge is 0.344 e. The Morgan fingerprint density at radius 3 is 2.29 bits per heavy atom. The number of carbonyl (C=O) groups excluding carboxylic acids is 2. The Hall–Kier alpha value is -0.920. The lowest BCUT2D eigenvalue weighted by Gasteiger charge is -2.23. The van der Waals surface area contributed by atoms with Gasteiger partial charge in [-0.15, -0.1) is 0 Å². The molecule has 0 rings (SSSR count). The predicted octanol–water partition coefficient (Wildman–Crippen LogP) is 0.832. The van der Waals surface area contributed by atoms with Crippen LogP contribution in [0.4, 0.5) is 13.2 Å². The van der Waals surface area contributed by atoms with Crippen molar-refractivity contribution in [2.24, 2.45) is 0 Å². The van der Waals surface area contributed by atoms with Gasteiger partial charge >= 0.3 is 6.18 Å². The Morgan fingerprint density at radius 1 is 1.41 bits per heavy atom. The first-order valence-electron chi connectivity index (χ1n) is 4.87. The van der Waals surface area contributed by atoms with Crippen LogP contribution in [-0.4, -0.2) is 48.3 Å². The van der Waals surface area contributed by atoms with Crippen LogP contribution in [-0.2, 0) is 9.59 Å². The summed E-state index contributed by atoms with van der Waals surface area (Å²) in [5.74, 6) is -0.976. The first kappa shape index (κ1) is 16.1. The Morgan fingerprint density at radius 2 is 1.94 bits per heavy atom. The van der Waals surface area contributed by atoms with Crippen LogP contribution < -0.4 is 5.32 Å². The van der Waals surface area contributed by atoms with Gasteiger partial charge in [-0.1, -0.05) is 0 Å². The molecule has 0 radical (unpaired) electrons. The molecule has 17 heavy (non-hydrogen) atoms. The number of hydrogen-bond acceptors (Lipinski definition) is 3. The summed E-state index contributed by atoms with van der Waals surface area (Å²) in [6.07, 6.45) is -5.38. The van der Waals surface area contributed by atoms with Crippen molar-refractivity contribution in [3.05, 3.63) is 0 Å². The highest BCUT2D eigenvalue weighted by atomic mass is 32.1. The Balaban J connectivity index is 4.31. The summed E-state index contributed by atoms with van der Waals surface area (Å²) in [7, 11) is 1.26. The van der Waals surface area contributed by atoms with Crippen molar-refractivity contribution in [3.8, 4) is 0 Å². The number of alkyl halides is 3. The first-order valence-corrected chi connectivity index (χ1v) is 5.50. The molecule has 0 saturated heterocycles. The van der Waals surface area contributed by atoms with Crippen molar-refractivity contribution in [3.63, 3.8) is 0 Å². The zero-order chi connectivity index (χ0) is 13.6. The summed E-state index contributed by atoms with van der Waals surface area (Å²) in [5, 5.41) is 2.32. The fraction of sp³-hybridized carbons (Fsp3) is 0.778. The van der Waals surface area contributed by atoms with Crippen LogP contribution in [0.25, 0.3) is 0 Å². The summed E-state index contributed by atoms with van der Waals surface area (Å²) in [6, 6.07) is -0.894. The summed E-state index contributed by atoms with van der Waals surface area (Å²) in [6.45, 7) is 0.783. The fourth-order valence-corrected chi connectivity index (χ4v) is 1.35. The van der Waals surface area contributed by atoms with Crippen LogP contribution in [0, 0.1) is 0 Å². The van der Waals surface area contributed by atoms with E-state index in [2.05, 4.69) is 17.9 Å². The molecule has 0 fully saturated rings. The van der Waals surface area contributed by atoms with Gasteiger partial charge in [-0.25, -0.2) is 0 Å². The third kappa shape index (κ3) is 7.09. The average Bonchev–Trinajstić information content (AvgIpc) is 2.20. The van der Waals surface area contributed by atoms with E-state index in [9.17, 15) is 22.8 Å². The van der Waals surface area contributed by atoms with Gasteiger partial charge in [-0.3, -0.25) is 9.59 Å². The molecule has 8 heteroatoms. The second-order valence-electron chi connectivity index (χ2n) is 3.56. The number of nitrogens with one attached hydrogen (secondary N) is 1. The molecule has 0 aromatic heterocycles. The lowest BCUT2D eigenvalue weighted by atomic mass is 10.2. The zero-order valence-corrected chi connectivity index (χ0v) is 10.4. The minimum absolute atomic E-state index is 0.0365. The monoisotopic (exact) mass is 272 g/mol. The molecule has 0 aromatic carbocycles. The summed E-state index contributed by atoms with van der Waals surface area (Å²) in [5.41, 5.74) is 0. The van der Waals surface area contributed by atoms with Gasteiger partial charge in [0.2, 0.25) is 11.8 Å². The third-order valence-electron chi connectivity index (χ3n) is 1.97. The Labute approximate surface area is 103 Å². The minimum Gasteiger partial charge on any atom is -0.344 e. The molecule has 1 atom stereocenters. The lowest BCUT2D eigenvalue weighted by Crippen LogP contribution is -2.48. The molecule has 4 nitrogen and oxygen atoms in total. The minimum atomic E-state index is -4.31. The molecule has 0 aliphatic rings. The molecule has 0 aliphatic heterocycles. The number of thiol groups is 1. The van der Waals surface area contributed by atoms with Crippen LogP contribution in [0.5, 0.6) is 0 Å². The second-order valence-corrected chi connectivity index (χ2v) is 3.93. The maximum absolute atomic E-state index is 11.9. The van der Waals surface area contributed by atoms with E-state index in [0.717, 1.165) is 4.90 Å². The fourth-order valence-electron chi connectivity index (χ4n) is 1.10. The molecule has 0 bridgehead atoms. The Bertz CT molecular complexity index is 284. The van der Waals surface area contributed by atoms with Crippen LogP contribution in [0.2, 0.25) is 0 Å². The molecule has 0 spiro atoms. The average molecular weight is 272 g/mol. The normalized spacial score (nSPS) is 13.1. The molecule has 0 aromatic rings. The molecule has 0 aliphatic carbocycles. The van der Waals surface area contributed by atoms with E-state index < -0.39 is 37.0 Å². The van der Waals surface area contributed by atoms with Crippen molar-refractivity contribution in [2.75, 3.05) is 19.3 Å².